The number of rotatable bonds is 5. The van der Waals surface area contributed by atoms with Crippen LogP contribution in [0.4, 0.5) is 14.5 Å². The second-order valence-electron chi connectivity index (χ2n) is 4.70. The summed E-state index contributed by atoms with van der Waals surface area (Å²) in [5.41, 5.74) is 0.799. The first-order valence-electron chi connectivity index (χ1n) is 6.82. The normalized spacial score (nSPS) is 11.3. The summed E-state index contributed by atoms with van der Waals surface area (Å²) in [6.07, 6.45) is 1.37. The Morgan fingerprint density at radius 1 is 1.16 bits per heavy atom. The zero-order valence-corrected chi connectivity index (χ0v) is 14.8. The maximum atomic E-state index is 12.3. The summed E-state index contributed by atoms with van der Waals surface area (Å²) in [6, 6.07) is 12.4. The molecule has 2 aromatic carbocycles. The number of nitrogens with one attached hydrogen (secondary N) is 1. The van der Waals surface area contributed by atoms with Gasteiger partial charge in [0, 0.05) is 10.6 Å². The van der Waals surface area contributed by atoms with Crippen molar-refractivity contribution in [1.82, 2.24) is 0 Å². The highest BCUT2D eigenvalue weighted by atomic mass is 35.5. The Balaban J connectivity index is 2.13. The van der Waals surface area contributed by atoms with Crippen molar-refractivity contribution in [3.8, 4) is 6.07 Å². The second-order valence-corrected chi connectivity index (χ2v) is 6.58. The van der Waals surface area contributed by atoms with Gasteiger partial charge in [-0.05, 0) is 48.0 Å². The number of carbonyl (C=O) groups is 1. The van der Waals surface area contributed by atoms with E-state index in [0.717, 1.165) is 0 Å². The van der Waals surface area contributed by atoms with Gasteiger partial charge in [-0.25, -0.2) is 0 Å². The smallest absolute Gasteiger partial charge is 0.288 e. The van der Waals surface area contributed by atoms with Crippen LogP contribution in [-0.2, 0) is 4.79 Å². The average Bonchev–Trinajstić information content (AvgIpc) is 2.57. The lowest BCUT2D eigenvalue weighted by atomic mass is 10.1. The molecule has 25 heavy (non-hydrogen) atoms. The van der Waals surface area contributed by atoms with Crippen molar-refractivity contribution < 1.29 is 13.6 Å². The molecule has 0 aromatic heterocycles. The molecule has 0 fully saturated rings. The van der Waals surface area contributed by atoms with E-state index in [9.17, 15) is 18.8 Å². The molecule has 1 amide bonds. The van der Waals surface area contributed by atoms with Crippen LogP contribution < -0.4 is 5.32 Å². The van der Waals surface area contributed by atoms with Crippen LogP contribution in [0.25, 0.3) is 6.08 Å². The van der Waals surface area contributed by atoms with Crippen LogP contribution in [-0.4, -0.2) is 11.7 Å². The van der Waals surface area contributed by atoms with Gasteiger partial charge >= 0.3 is 0 Å². The fourth-order valence-corrected chi connectivity index (χ4v) is 2.64. The summed E-state index contributed by atoms with van der Waals surface area (Å²) in [4.78, 5) is 12.6. The molecular formula is C17H10Cl2F2N2OS. The monoisotopic (exact) mass is 398 g/mol. The summed E-state index contributed by atoms with van der Waals surface area (Å²) in [6.45, 7) is 0. The van der Waals surface area contributed by atoms with Gasteiger partial charge in [0.15, 0.2) is 0 Å². The number of anilines is 1. The average molecular weight is 399 g/mol. The van der Waals surface area contributed by atoms with Gasteiger partial charge in [-0.15, -0.1) is 0 Å². The van der Waals surface area contributed by atoms with E-state index >= 15 is 0 Å². The number of halogens is 4. The van der Waals surface area contributed by atoms with Crippen molar-refractivity contribution in [3.05, 3.63) is 63.6 Å². The van der Waals surface area contributed by atoms with Crippen molar-refractivity contribution >= 4 is 52.6 Å². The van der Waals surface area contributed by atoms with Gasteiger partial charge in [0.25, 0.3) is 11.7 Å². The highest BCUT2D eigenvalue weighted by molar-refractivity contribution is 7.99. The molecule has 0 unspecified atom stereocenters. The Morgan fingerprint density at radius 2 is 1.84 bits per heavy atom. The van der Waals surface area contributed by atoms with Crippen LogP contribution in [0.2, 0.25) is 10.0 Å². The number of nitrogens with zero attached hydrogens (tertiary/aromatic N) is 1. The SMILES string of the molecule is N#C/C(=C\c1ccc(Cl)c(Cl)c1)C(=O)Nc1ccc(SC(F)F)cc1. The molecule has 0 aliphatic carbocycles. The highest BCUT2D eigenvalue weighted by Gasteiger charge is 2.11. The molecule has 3 nitrogen and oxygen atoms in total. The Labute approximate surface area is 157 Å². The number of amides is 1. The molecule has 0 saturated heterocycles. The number of hydrogen-bond donors (Lipinski definition) is 1. The number of nitriles is 1. The minimum atomic E-state index is -2.51. The zero-order valence-electron chi connectivity index (χ0n) is 12.5. The van der Waals surface area contributed by atoms with E-state index in [1.807, 2.05) is 6.07 Å². The Kier molecular flexibility index (Phi) is 6.82. The van der Waals surface area contributed by atoms with Gasteiger partial charge < -0.3 is 5.32 Å². The summed E-state index contributed by atoms with van der Waals surface area (Å²) in [5.74, 6) is -3.14. The van der Waals surface area contributed by atoms with E-state index < -0.39 is 11.7 Å². The first-order chi connectivity index (χ1) is 11.9. The van der Waals surface area contributed by atoms with Gasteiger partial charge in [-0.1, -0.05) is 41.0 Å². The lowest BCUT2D eigenvalue weighted by Crippen LogP contribution is -2.13. The molecule has 0 spiro atoms. The Morgan fingerprint density at radius 3 is 2.40 bits per heavy atom. The van der Waals surface area contributed by atoms with Gasteiger partial charge in [-0.2, -0.15) is 14.0 Å². The number of benzene rings is 2. The highest BCUT2D eigenvalue weighted by Crippen LogP contribution is 2.26. The summed E-state index contributed by atoms with van der Waals surface area (Å²) < 4.78 is 24.6. The molecule has 0 radical (unpaired) electrons. The third-order valence-corrected chi connectivity index (χ3v) is 4.42. The van der Waals surface area contributed by atoms with Crippen LogP contribution >= 0.6 is 35.0 Å². The van der Waals surface area contributed by atoms with Crippen LogP contribution in [0.5, 0.6) is 0 Å². The lowest BCUT2D eigenvalue weighted by Gasteiger charge is -2.06. The van der Waals surface area contributed by atoms with Gasteiger partial charge in [0.2, 0.25) is 0 Å². The molecule has 0 aliphatic rings. The van der Waals surface area contributed by atoms with Crippen molar-refractivity contribution in [1.29, 1.82) is 5.26 Å². The van der Waals surface area contributed by atoms with Gasteiger partial charge in [-0.3, -0.25) is 4.79 Å². The first kappa shape index (κ1) is 19.3. The van der Waals surface area contributed by atoms with Crippen molar-refractivity contribution in [2.24, 2.45) is 0 Å². The van der Waals surface area contributed by atoms with E-state index in [1.54, 1.807) is 12.1 Å². The minimum Gasteiger partial charge on any atom is -0.321 e. The van der Waals surface area contributed by atoms with Crippen LogP contribution in [0.3, 0.4) is 0 Å². The molecule has 0 saturated carbocycles. The topological polar surface area (TPSA) is 52.9 Å². The molecule has 128 valence electrons. The first-order valence-corrected chi connectivity index (χ1v) is 8.45. The van der Waals surface area contributed by atoms with E-state index in [2.05, 4.69) is 5.32 Å². The van der Waals surface area contributed by atoms with Crippen LogP contribution in [0.1, 0.15) is 5.56 Å². The number of hydrogen-bond acceptors (Lipinski definition) is 3. The number of thioether (sulfide) groups is 1. The van der Waals surface area contributed by atoms with Crippen LogP contribution in [0, 0.1) is 11.3 Å². The zero-order chi connectivity index (χ0) is 18.4. The lowest BCUT2D eigenvalue weighted by molar-refractivity contribution is -0.112. The molecule has 0 atom stereocenters. The quantitative estimate of drug-likeness (QED) is 0.390. The molecule has 8 heteroatoms. The third-order valence-electron chi connectivity index (χ3n) is 2.96. The van der Waals surface area contributed by atoms with Gasteiger partial charge in [0.05, 0.1) is 10.0 Å². The fraction of sp³-hybridized carbons (Fsp3) is 0.0588. The van der Waals surface area contributed by atoms with Crippen LogP contribution in [0.15, 0.2) is 52.9 Å². The molecule has 2 aromatic rings. The molecular weight excluding hydrogens is 389 g/mol. The summed E-state index contributed by atoms with van der Waals surface area (Å²) in [7, 11) is 0. The molecule has 0 aliphatic heterocycles. The number of alkyl halides is 2. The standard InChI is InChI=1S/C17H10Cl2F2N2OS/c18-14-6-1-10(8-15(14)19)7-11(9-22)16(24)23-12-2-4-13(5-3-12)25-17(20)21/h1-8,17H,(H,23,24)/b11-7+. The fourth-order valence-electron chi connectivity index (χ4n) is 1.84. The Bertz CT molecular complexity index is 849. The maximum Gasteiger partial charge on any atom is 0.288 e. The van der Waals surface area contributed by atoms with E-state index in [-0.39, 0.29) is 5.57 Å². The molecule has 0 bridgehead atoms. The van der Waals surface area contributed by atoms with Crippen molar-refractivity contribution in [2.45, 2.75) is 10.7 Å². The Hall–Kier alpha value is -2.07. The third kappa shape index (κ3) is 5.75. The minimum absolute atomic E-state index is 0.135. The van der Waals surface area contributed by atoms with E-state index in [0.29, 0.717) is 38.0 Å². The predicted molar refractivity (Wildman–Crippen MR) is 97.0 cm³/mol. The van der Waals surface area contributed by atoms with Crippen molar-refractivity contribution in [3.63, 3.8) is 0 Å². The summed E-state index contributed by atoms with van der Waals surface area (Å²) >= 11 is 12.1. The van der Waals surface area contributed by atoms with Gasteiger partial charge in [0.1, 0.15) is 11.6 Å². The molecule has 2 rings (SSSR count). The van der Waals surface area contributed by atoms with E-state index in [4.69, 9.17) is 23.2 Å². The summed E-state index contributed by atoms with van der Waals surface area (Å²) in [5, 5.41) is 12.4. The molecule has 1 N–H and O–H groups in total. The number of carbonyl (C=O) groups excluding carboxylic acids is 1. The van der Waals surface area contributed by atoms with Crippen molar-refractivity contribution in [2.75, 3.05) is 5.32 Å². The second kappa shape index (κ2) is 8.86. The molecule has 0 heterocycles. The predicted octanol–water partition coefficient (Wildman–Crippen LogP) is 5.85. The largest absolute Gasteiger partial charge is 0.321 e. The maximum absolute atomic E-state index is 12.3. The van der Waals surface area contributed by atoms with E-state index in [1.165, 1.54) is 36.4 Å².